The lowest BCUT2D eigenvalue weighted by Gasteiger charge is -2.11. The Morgan fingerprint density at radius 3 is 2.76 bits per heavy atom. The van der Waals surface area contributed by atoms with E-state index in [0.717, 1.165) is 34.3 Å². The second-order valence-electron chi connectivity index (χ2n) is 5.06. The van der Waals surface area contributed by atoms with E-state index in [1.54, 1.807) is 17.3 Å². The normalized spacial score (nSPS) is 13.4. The van der Waals surface area contributed by atoms with E-state index < -0.39 is 0 Å². The Kier molecular flexibility index (Phi) is 2.67. The number of amides is 1. The molecule has 0 bridgehead atoms. The van der Waals surface area contributed by atoms with Crippen molar-refractivity contribution in [3.63, 3.8) is 0 Å². The first-order valence-electron chi connectivity index (χ1n) is 6.85. The molecule has 1 aliphatic rings. The summed E-state index contributed by atoms with van der Waals surface area (Å²) in [4.78, 5) is 21.3. The van der Waals surface area contributed by atoms with Crippen LogP contribution in [0.25, 0.3) is 22.2 Å². The van der Waals surface area contributed by atoms with E-state index in [1.807, 2.05) is 30.7 Å². The van der Waals surface area contributed by atoms with Gasteiger partial charge >= 0.3 is 6.41 Å². The summed E-state index contributed by atoms with van der Waals surface area (Å²) in [7, 11) is 0. The number of anilines is 1. The molecule has 0 fully saturated rings. The second kappa shape index (κ2) is 4.66. The summed E-state index contributed by atoms with van der Waals surface area (Å²) in [5, 5.41) is 0. The van der Waals surface area contributed by atoms with Crippen molar-refractivity contribution in [1.82, 2.24) is 9.97 Å². The number of rotatable bonds is 2. The third-order valence-corrected chi connectivity index (χ3v) is 3.92. The molecule has 1 amide bonds. The molecule has 0 N–H and O–H groups in total. The largest absolute Gasteiger partial charge is 0.316 e. The molecule has 101 valence electrons. The van der Waals surface area contributed by atoms with Crippen molar-refractivity contribution in [3.05, 3.63) is 54.4 Å². The highest BCUT2D eigenvalue weighted by Crippen LogP contribution is 2.36. The molecule has 1 radical (unpaired) electrons. The van der Waals surface area contributed by atoms with Gasteiger partial charge in [0.05, 0.1) is 11.0 Å². The van der Waals surface area contributed by atoms with Gasteiger partial charge in [-0.25, -0.2) is 0 Å². The van der Waals surface area contributed by atoms with E-state index >= 15 is 0 Å². The highest BCUT2D eigenvalue weighted by molar-refractivity contribution is 5.88. The summed E-state index contributed by atoms with van der Waals surface area (Å²) in [5.74, 6) is 0. The molecule has 4 heteroatoms. The van der Waals surface area contributed by atoms with E-state index in [9.17, 15) is 4.79 Å². The monoisotopic (exact) mass is 274 g/mol. The molecule has 4 rings (SSSR count). The number of hydrogen-bond acceptors (Lipinski definition) is 3. The lowest BCUT2D eigenvalue weighted by atomic mass is 9.97. The van der Waals surface area contributed by atoms with Crippen LogP contribution in [0.1, 0.15) is 5.56 Å². The number of carbonyl (C=O) groups excluding carboxylic acids is 1. The summed E-state index contributed by atoms with van der Waals surface area (Å²) in [6.07, 6.45) is 6.24. The summed E-state index contributed by atoms with van der Waals surface area (Å²) in [6.45, 7) is 0.698. The minimum Gasteiger partial charge on any atom is -0.304 e. The Hall–Kier alpha value is -2.75. The van der Waals surface area contributed by atoms with Crippen LogP contribution in [0.2, 0.25) is 0 Å². The number of hydrogen-bond donors (Lipinski definition) is 0. The van der Waals surface area contributed by atoms with Crippen molar-refractivity contribution in [2.24, 2.45) is 0 Å². The van der Waals surface area contributed by atoms with E-state index in [2.05, 4.69) is 22.1 Å². The molecule has 2 heterocycles. The van der Waals surface area contributed by atoms with Gasteiger partial charge in [0.25, 0.3) is 0 Å². The predicted octanol–water partition coefficient (Wildman–Crippen LogP) is 2.73. The molecule has 21 heavy (non-hydrogen) atoms. The van der Waals surface area contributed by atoms with Gasteiger partial charge in [0.15, 0.2) is 0 Å². The van der Waals surface area contributed by atoms with Gasteiger partial charge in [0.1, 0.15) is 0 Å². The first-order chi connectivity index (χ1) is 10.4. The van der Waals surface area contributed by atoms with Crippen LogP contribution < -0.4 is 4.90 Å². The zero-order valence-corrected chi connectivity index (χ0v) is 11.3. The summed E-state index contributed by atoms with van der Waals surface area (Å²) in [5.41, 5.74) is 6.18. The summed E-state index contributed by atoms with van der Waals surface area (Å²) >= 11 is 0. The third-order valence-electron chi connectivity index (χ3n) is 3.92. The van der Waals surface area contributed by atoms with E-state index in [-0.39, 0.29) is 0 Å². The molecule has 3 aromatic rings. The minimum absolute atomic E-state index is 0.698. The van der Waals surface area contributed by atoms with Crippen LogP contribution in [-0.2, 0) is 11.2 Å². The van der Waals surface area contributed by atoms with Crippen molar-refractivity contribution < 1.29 is 4.79 Å². The highest BCUT2D eigenvalue weighted by atomic mass is 16.1. The van der Waals surface area contributed by atoms with E-state index in [0.29, 0.717) is 6.54 Å². The molecule has 0 saturated carbocycles. The van der Waals surface area contributed by atoms with Gasteiger partial charge in [0, 0.05) is 24.6 Å². The predicted molar refractivity (Wildman–Crippen MR) is 81.7 cm³/mol. The molecule has 0 unspecified atom stereocenters. The highest BCUT2D eigenvalue weighted by Gasteiger charge is 2.22. The number of benzene rings is 2. The van der Waals surface area contributed by atoms with Gasteiger partial charge in [-0.15, -0.1) is 0 Å². The number of nitrogens with zero attached hydrogens (tertiary/aromatic N) is 3. The molecule has 0 atom stereocenters. The first kappa shape index (κ1) is 12.0. The molecule has 1 aromatic heterocycles. The minimum atomic E-state index is 0.698. The van der Waals surface area contributed by atoms with Crippen molar-refractivity contribution in [2.45, 2.75) is 6.42 Å². The maximum atomic E-state index is 11.0. The molecule has 0 saturated heterocycles. The molecule has 2 aromatic carbocycles. The average Bonchev–Trinajstić information content (AvgIpc) is 2.97. The average molecular weight is 274 g/mol. The van der Waals surface area contributed by atoms with Gasteiger partial charge < -0.3 is 4.90 Å². The number of aromatic nitrogens is 2. The van der Waals surface area contributed by atoms with Crippen molar-refractivity contribution in [3.8, 4) is 11.1 Å². The van der Waals surface area contributed by atoms with Gasteiger partial charge in [-0.3, -0.25) is 14.8 Å². The van der Waals surface area contributed by atoms with Crippen LogP contribution in [0.5, 0.6) is 0 Å². The van der Waals surface area contributed by atoms with Gasteiger partial charge in [-0.1, -0.05) is 18.2 Å². The summed E-state index contributed by atoms with van der Waals surface area (Å²) < 4.78 is 0. The zero-order chi connectivity index (χ0) is 14.2. The molecule has 4 nitrogen and oxygen atoms in total. The van der Waals surface area contributed by atoms with Crippen molar-refractivity contribution >= 4 is 23.1 Å². The maximum Gasteiger partial charge on any atom is 0.316 e. The van der Waals surface area contributed by atoms with Crippen molar-refractivity contribution in [1.29, 1.82) is 0 Å². The molecule has 0 aliphatic carbocycles. The third kappa shape index (κ3) is 1.88. The standard InChI is InChI=1S/C17H12N3O/c21-11-20-9-6-14-13(2-1-3-17(14)20)12-4-5-15-16(10-12)19-8-7-18-15/h1-5,7-8,10H,6,9H2. The lowest BCUT2D eigenvalue weighted by Crippen LogP contribution is -2.16. The zero-order valence-electron chi connectivity index (χ0n) is 11.3. The Morgan fingerprint density at radius 1 is 1.05 bits per heavy atom. The fourth-order valence-corrected chi connectivity index (χ4v) is 2.93. The Morgan fingerprint density at radius 2 is 1.90 bits per heavy atom. The molecular weight excluding hydrogens is 262 g/mol. The van der Waals surface area contributed by atoms with Crippen LogP contribution >= 0.6 is 0 Å². The van der Waals surface area contributed by atoms with E-state index in [1.165, 1.54) is 5.56 Å². The first-order valence-corrected chi connectivity index (χ1v) is 6.85. The quantitative estimate of drug-likeness (QED) is 0.722. The van der Waals surface area contributed by atoms with Crippen LogP contribution in [0.15, 0.2) is 48.8 Å². The SMILES string of the molecule is O=[C]N1CCc2c(-c3ccc4nccnc4c3)cccc21. The molecular formula is C17H12N3O. The van der Waals surface area contributed by atoms with Crippen molar-refractivity contribution in [2.75, 3.05) is 11.4 Å². The summed E-state index contributed by atoms with van der Waals surface area (Å²) in [6, 6.07) is 12.1. The van der Waals surface area contributed by atoms with Crippen LogP contribution in [-0.4, -0.2) is 22.9 Å². The second-order valence-corrected chi connectivity index (χ2v) is 5.06. The van der Waals surface area contributed by atoms with Crippen LogP contribution in [0, 0.1) is 0 Å². The molecule has 0 spiro atoms. The lowest BCUT2D eigenvalue weighted by molar-refractivity contribution is 0.552. The fraction of sp³-hybridized carbons (Fsp3) is 0.118. The maximum absolute atomic E-state index is 11.0. The van der Waals surface area contributed by atoms with Gasteiger partial charge in [-0.05, 0) is 41.3 Å². The fourth-order valence-electron chi connectivity index (χ4n) is 2.93. The topological polar surface area (TPSA) is 46.1 Å². The van der Waals surface area contributed by atoms with Crippen LogP contribution in [0.4, 0.5) is 5.69 Å². The van der Waals surface area contributed by atoms with Crippen LogP contribution in [0.3, 0.4) is 0 Å². The number of fused-ring (bicyclic) bond motifs is 2. The Labute approximate surface area is 122 Å². The van der Waals surface area contributed by atoms with E-state index in [4.69, 9.17) is 0 Å². The van der Waals surface area contributed by atoms with Gasteiger partial charge in [0.2, 0.25) is 0 Å². The molecule has 1 aliphatic heterocycles. The Bertz CT molecular complexity index is 844. The van der Waals surface area contributed by atoms with Gasteiger partial charge in [-0.2, -0.15) is 0 Å². The Balaban J connectivity index is 1.89. The smallest absolute Gasteiger partial charge is 0.304 e.